The maximum atomic E-state index is 13.9. The van der Waals surface area contributed by atoms with Crippen molar-refractivity contribution in [2.24, 2.45) is 0 Å². The van der Waals surface area contributed by atoms with Crippen LogP contribution in [0.3, 0.4) is 0 Å². The molecular weight excluding hydrogens is 221 g/mol. The van der Waals surface area contributed by atoms with Gasteiger partial charge in [0.25, 0.3) is 5.88 Å². The lowest BCUT2D eigenvalue weighted by Crippen LogP contribution is -2.20. The van der Waals surface area contributed by atoms with Crippen LogP contribution >= 0.6 is 0 Å². The molecule has 0 spiro atoms. The largest absolute Gasteiger partial charge is 0.474 e. The molecule has 0 aliphatic carbocycles. The third-order valence-electron chi connectivity index (χ3n) is 2.28. The summed E-state index contributed by atoms with van der Waals surface area (Å²) in [6.45, 7) is 4.45. The minimum atomic E-state index is -0.368. The average Bonchev–Trinajstić information content (AvgIpc) is 2.29. The summed E-state index contributed by atoms with van der Waals surface area (Å²) in [4.78, 5) is 5.87. The van der Waals surface area contributed by atoms with Crippen LogP contribution < -0.4 is 10.1 Å². The van der Waals surface area contributed by atoms with Crippen molar-refractivity contribution in [2.75, 3.05) is 33.8 Å². The number of pyridine rings is 1. The molecule has 0 atom stereocenters. The Bertz CT molecular complexity index is 345. The van der Waals surface area contributed by atoms with E-state index < -0.39 is 0 Å². The predicted octanol–water partition coefficient (Wildman–Crippen LogP) is 1.27. The normalized spacial score (nSPS) is 10.9. The molecule has 0 bridgehead atoms. The van der Waals surface area contributed by atoms with E-state index in [0.717, 1.165) is 13.1 Å². The zero-order valence-corrected chi connectivity index (χ0v) is 10.7. The van der Waals surface area contributed by atoms with E-state index >= 15 is 0 Å². The molecule has 0 aliphatic rings. The summed E-state index contributed by atoms with van der Waals surface area (Å²) < 4.78 is 19.2. The van der Waals surface area contributed by atoms with Crippen LogP contribution in [0.4, 0.5) is 4.39 Å². The van der Waals surface area contributed by atoms with E-state index in [4.69, 9.17) is 4.74 Å². The monoisotopic (exact) mass is 241 g/mol. The van der Waals surface area contributed by atoms with Crippen LogP contribution in [-0.4, -0.2) is 43.7 Å². The maximum Gasteiger partial charge on any atom is 0.250 e. The second-order valence-corrected chi connectivity index (χ2v) is 4.02. The molecule has 0 aliphatic heterocycles. The number of hydrogen-bond acceptors (Lipinski definition) is 4. The van der Waals surface area contributed by atoms with Crippen LogP contribution in [0.2, 0.25) is 0 Å². The highest BCUT2D eigenvalue weighted by molar-refractivity contribution is 5.23. The van der Waals surface area contributed by atoms with Gasteiger partial charge in [-0.05, 0) is 26.7 Å². The van der Waals surface area contributed by atoms with Crippen LogP contribution in [0, 0.1) is 5.82 Å². The molecule has 0 unspecified atom stereocenters. The lowest BCUT2D eigenvalue weighted by molar-refractivity contribution is 0.243. The van der Waals surface area contributed by atoms with Gasteiger partial charge < -0.3 is 15.0 Å². The number of rotatable bonds is 7. The molecule has 1 heterocycles. The standard InChI is InChI=1S/C12H20FN3O/c1-4-14-9-10-5-6-15-12(11(10)13)17-8-7-16(2)3/h5-6,14H,4,7-9H2,1-3H3. The number of halogens is 1. The van der Waals surface area contributed by atoms with E-state index in [-0.39, 0.29) is 11.7 Å². The zero-order chi connectivity index (χ0) is 12.7. The van der Waals surface area contributed by atoms with Gasteiger partial charge in [-0.3, -0.25) is 0 Å². The van der Waals surface area contributed by atoms with E-state index in [1.165, 1.54) is 0 Å². The van der Waals surface area contributed by atoms with Crippen molar-refractivity contribution in [1.82, 2.24) is 15.2 Å². The average molecular weight is 241 g/mol. The highest BCUT2D eigenvalue weighted by Gasteiger charge is 2.10. The van der Waals surface area contributed by atoms with Gasteiger partial charge in [0, 0.05) is 24.8 Å². The Balaban J connectivity index is 2.59. The van der Waals surface area contributed by atoms with Crippen molar-refractivity contribution in [3.05, 3.63) is 23.6 Å². The van der Waals surface area contributed by atoms with Gasteiger partial charge in [0.15, 0.2) is 5.82 Å². The molecule has 4 nitrogen and oxygen atoms in total. The first kappa shape index (κ1) is 13.9. The Morgan fingerprint density at radius 1 is 1.47 bits per heavy atom. The molecule has 1 N–H and O–H groups in total. The molecule has 0 saturated carbocycles. The fourth-order valence-corrected chi connectivity index (χ4v) is 1.28. The summed E-state index contributed by atoms with van der Waals surface area (Å²) in [6.07, 6.45) is 1.57. The fraction of sp³-hybridized carbons (Fsp3) is 0.583. The van der Waals surface area contributed by atoms with Crippen LogP contribution in [0.15, 0.2) is 12.3 Å². The molecule has 5 heteroatoms. The van der Waals surface area contributed by atoms with Gasteiger partial charge in [0.2, 0.25) is 0 Å². The Kier molecular flexibility index (Phi) is 5.86. The van der Waals surface area contributed by atoms with Crippen molar-refractivity contribution >= 4 is 0 Å². The summed E-state index contributed by atoms with van der Waals surface area (Å²) in [5, 5.41) is 3.08. The van der Waals surface area contributed by atoms with Gasteiger partial charge in [0.1, 0.15) is 6.61 Å². The molecule has 0 aromatic carbocycles. The van der Waals surface area contributed by atoms with E-state index in [2.05, 4.69) is 10.3 Å². The first-order valence-corrected chi connectivity index (χ1v) is 5.76. The Labute approximate surface area is 102 Å². The van der Waals surface area contributed by atoms with Gasteiger partial charge >= 0.3 is 0 Å². The van der Waals surface area contributed by atoms with Gasteiger partial charge in [-0.2, -0.15) is 0 Å². The van der Waals surface area contributed by atoms with Crippen LogP contribution in [0.5, 0.6) is 5.88 Å². The van der Waals surface area contributed by atoms with Crippen molar-refractivity contribution in [2.45, 2.75) is 13.5 Å². The summed E-state index contributed by atoms with van der Waals surface area (Å²) in [7, 11) is 3.88. The molecule has 1 aromatic rings. The third-order valence-corrected chi connectivity index (χ3v) is 2.28. The minimum Gasteiger partial charge on any atom is -0.474 e. The first-order valence-electron chi connectivity index (χ1n) is 5.76. The Morgan fingerprint density at radius 3 is 2.88 bits per heavy atom. The lowest BCUT2D eigenvalue weighted by Gasteiger charge is -2.12. The van der Waals surface area contributed by atoms with Crippen molar-refractivity contribution < 1.29 is 9.13 Å². The number of ether oxygens (including phenoxy) is 1. The molecule has 0 radical (unpaired) electrons. The maximum absolute atomic E-state index is 13.9. The smallest absolute Gasteiger partial charge is 0.250 e. The summed E-state index contributed by atoms with van der Waals surface area (Å²) in [5.74, 6) is -0.283. The highest BCUT2D eigenvalue weighted by atomic mass is 19.1. The number of aromatic nitrogens is 1. The van der Waals surface area contributed by atoms with Gasteiger partial charge in [-0.25, -0.2) is 9.37 Å². The Morgan fingerprint density at radius 2 is 2.24 bits per heavy atom. The van der Waals surface area contributed by atoms with E-state index in [1.807, 2.05) is 25.9 Å². The van der Waals surface area contributed by atoms with Gasteiger partial charge in [-0.1, -0.05) is 6.92 Å². The summed E-state index contributed by atoms with van der Waals surface area (Å²) >= 11 is 0. The highest BCUT2D eigenvalue weighted by Crippen LogP contribution is 2.17. The van der Waals surface area contributed by atoms with Crippen molar-refractivity contribution in [3.8, 4) is 5.88 Å². The SMILES string of the molecule is CCNCc1ccnc(OCCN(C)C)c1F. The molecule has 96 valence electrons. The molecule has 17 heavy (non-hydrogen) atoms. The summed E-state index contributed by atoms with van der Waals surface area (Å²) in [5.41, 5.74) is 0.585. The zero-order valence-electron chi connectivity index (χ0n) is 10.7. The molecule has 0 fully saturated rings. The first-order chi connectivity index (χ1) is 8.15. The molecular formula is C12H20FN3O. The van der Waals surface area contributed by atoms with E-state index in [1.54, 1.807) is 12.3 Å². The van der Waals surface area contributed by atoms with Gasteiger partial charge in [-0.15, -0.1) is 0 Å². The van der Waals surface area contributed by atoms with Crippen LogP contribution in [0.25, 0.3) is 0 Å². The second-order valence-electron chi connectivity index (χ2n) is 4.02. The molecule has 1 aromatic heterocycles. The van der Waals surface area contributed by atoms with Crippen molar-refractivity contribution in [3.63, 3.8) is 0 Å². The van der Waals surface area contributed by atoms with Gasteiger partial charge in [0.05, 0.1) is 0 Å². The fourth-order valence-electron chi connectivity index (χ4n) is 1.28. The summed E-state index contributed by atoms with van der Waals surface area (Å²) in [6, 6.07) is 1.66. The molecule has 0 saturated heterocycles. The third kappa shape index (κ3) is 4.66. The predicted molar refractivity (Wildman–Crippen MR) is 65.6 cm³/mol. The second kappa shape index (κ2) is 7.19. The molecule has 1 rings (SSSR count). The van der Waals surface area contributed by atoms with Crippen LogP contribution in [-0.2, 0) is 6.54 Å². The lowest BCUT2D eigenvalue weighted by atomic mass is 10.2. The quantitative estimate of drug-likeness (QED) is 0.780. The molecule has 0 amide bonds. The van der Waals surface area contributed by atoms with Crippen LogP contribution in [0.1, 0.15) is 12.5 Å². The van der Waals surface area contributed by atoms with E-state index in [9.17, 15) is 4.39 Å². The number of likely N-dealkylation sites (N-methyl/N-ethyl adjacent to an activating group) is 1. The number of nitrogens with one attached hydrogen (secondary N) is 1. The number of nitrogens with zero attached hydrogens (tertiary/aromatic N) is 2. The minimum absolute atomic E-state index is 0.0854. The Hall–Kier alpha value is -1.20. The van der Waals surface area contributed by atoms with Crippen molar-refractivity contribution in [1.29, 1.82) is 0 Å². The van der Waals surface area contributed by atoms with E-state index in [0.29, 0.717) is 18.7 Å². The number of hydrogen-bond donors (Lipinski definition) is 1. The topological polar surface area (TPSA) is 37.4 Å².